The molecular formula is C9H14N4O4. The third-order valence-corrected chi connectivity index (χ3v) is 2.32. The predicted octanol–water partition coefficient (Wildman–Crippen LogP) is -0.935. The van der Waals surface area contributed by atoms with Crippen molar-refractivity contribution in [2.24, 2.45) is 7.05 Å². The molecule has 1 rings (SSSR count). The van der Waals surface area contributed by atoms with E-state index in [0.29, 0.717) is 13.0 Å². The number of rotatable bonds is 5. The van der Waals surface area contributed by atoms with Gasteiger partial charge in [0.1, 0.15) is 0 Å². The van der Waals surface area contributed by atoms with Gasteiger partial charge < -0.3 is 5.32 Å². The SMILES string of the molecule is CNCCCn1c(=O)c([N+](=O)[O-])cn(C)c1=O. The second kappa shape index (κ2) is 5.39. The summed E-state index contributed by atoms with van der Waals surface area (Å²) in [5, 5.41) is 13.5. The third kappa shape index (κ3) is 2.78. The molecule has 0 aromatic carbocycles. The van der Waals surface area contributed by atoms with Crippen LogP contribution in [0.4, 0.5) is 5.69 Å². The van der Waals surface area contributed by atoms with Crippen molar-refractivity contribution in [3.8, 4) is 0 Å². The Kier molecular flexibility index (Phi) is 4.16. The molecule has 0 aliphatic carbocycles. The molecule has 94 valence electrons. The molecule has 0 aliphatic rings. The highest BCUT2D eigenvalue weighted by Gasteiger charge is 2.17. The van der Waals surface area contributed by atoms with E-state index < -0.39 is 21.9 Å². The van der Waals surface area contributed by atoms with E-state index in [9.17, 15) is 19.7 Å². The van der Waals surface area contributed by atoms with Crippen LogP contribution in [0.25, 0.3) is 0 Å². The highest BCUT2D eigenvalue weighted by Crippen LogP contribution is 1.99. The average Bonchev–Trinajstić information content (AvgIpc) is 2.28. The molecule has 1 N–H and O–H groups in total. The number of nitrogens with one attached hydrogen (secondary N) is 1. The zero-order valence-corrected chi connectivity index (χ0v) is 9.67. The highest BCUT2D eigenvalue weighted by molar-refractivity contribution is 5.21. The monoisotopic (exact) mass is 242 g/mol. The lowest BCUT2D eigenvalue weighted by atomic mass is 10.4. The van der Waals surface area contributed by atoms with E-state index in [1.165, 1.54) is 7.05 Å². The minimum absolute atomic E-state index is 0.161. The molecule has 0 amide bonds. The van der Waals surface area contributed by atoms with Crippen LogP contribution in [-0.2, 0) is 13.6 Å². The van der Waals surface area contributed by atoms with Crippen LogP contribution >= 0.6 is 0 Å². The molecule has 0 radical (unpaired) electrons. The van der Waals surface area contributed by atoms with E-state index in [1.54, 1.807) is 7.05 Å². The first-order chi connectivity index (χ1) is 7.99. The maximum Gasteiger partial charge on any atom is 0.350 e. The molecule has 8 nitrogen and oxygen atoms in total. The standard InChI is InChI=1S/C9H14N4O4/c1-10-4-3-5-12-8(14)7(13(16)17)6-11(2)9(12)15/h6,10H,3-5H2,1-2H3. The molecule has 0 spiro atoms. The molecule has 0 unspecified atom stereocenters. The van der Waals surface area contributed by atoms with Gasteiger partial charge in [0.25, 0.3) is 0 Å². The van der Waals surface area contributed by atoms with Gasteiger partial charge in [-0.25, -0.2) is 4.79 Å². The number of nitro groups is 1. The van der Waals surface area contributed by atoms with Crippen molar-refractivity contribution in [1.82, 2.24) is 14.5 Å². The summed E-state index contributed by atoms with van der Waals surface area (Å²) in [6.07, 6.45) is 1.49. The normalized spacial score (nSPS) is 10.5. The van der Waals surface area contributed by atoms with Crippen LogP contribution in [0, 0.1) is 10.1 Å². The second-order valence-corrected chi connectivity index (χ2v) is 3.58. The van der Waals surface area contributed by atoms with Crippen LogP contribution < -0.4 is 16.6 Å². The highest BCUT2D eigenvalue weighted by atomic mass is 16.6. The Morgan fingerprint density at radius 3 is 2.65 bits per heavy atom. The van der Waals surface area contributed by atoms with E-state index in [4.69, 9.17) is 0 Å². The molecule has 17 heavy (non-hydrogen) atoms. The number of aryl methyl sites for hydroxylation is 1. The summed E-state index contributed by atoms with van der Waals surface area (Å²) in [6.45, 7) is 0.784. The molecule has 0 saturated carbocycles. The lowest BCUT2D eigenvalue weighted by Crippen LogP contribution is -2.40. The van der Waals surface area contributed by atoms with Crippen LogP contribution in [0.3, 0.4) is 0 Å². The van der Waals surface area contributed by atoms with E-state index in [0.717, 1.165) is 15.3 Å². The lowest BCUT2D eigenvalue weighted by molar-refractivity contribution is -0.387. The summed E-state index contributed by atoms with van der Waals surface area (Å²) in [5.74, 6) is 0. The van der Waals surface area contributed by atoms with E-state index in [2.05, 4.69) is 5.32 Å². The molecule has 0 fully saturated rings. The Hall–Kier alpha value is -1.96. The van der Waals surface area contributed by atoms with Gasteiger partial charge in [0.2, 0.25) is 0 Å². The lowest BCUT2D eigenvalue weighted by Gasteiger charge is -2.06. The Balaban J connectivity index is 3.23. The van der Waals surface area contributed by atoms with Crippen LogP contribution in [0.15, 0.2) is 15.8 Å². The number of hydrogen-bond acceptors (Lipinski definition) is 5. The maximum absolute atomic E-state index is 11.7. The van der Waals surface area contributed by atoms with Gasteiger partial charge in [0.15, 0.2) is 0 Å². The molecular weight excluding hydrogens is 228 g/mol. The van der Waals surface area contributed by atoms with Gasteiger partial charge >= 0.3 is 16.9 Å². The molecule has 1 aromatic rings. The largest absolute Gasteiger partial charge is 0.350 e. The quantitative estimate of drug-likeness (QED) is 0.408. The summed E-state index contributed by atoms with van der Waals surface area (Å²) in [4.78, 5) is 33.2. The molecule has 8 heteroatoms. The minimum atomic E-state index is -0.853. The first kappa shape index (κ1) is 13.1. The van der Waals surface area contributed by atoms with Gasteiger partial charge in [-0.1, -0.05) is 0 Å². The third-order valence-electron chi connectivity index (χ3n) is 2.32. The molecule has 1 aromatic heterocycles. The summed E-state index contributed by atoms with van der Waals surface area (Å²) < 4.78 is 1.92. The molecule has 0 aliphatic heterocycles. The summed E-state index contributed by atoms with van der Waals surface area (Å²) in [5.41, 5.74) is -1.98. The molecule has 0 atom stereocenters. The van der Waals surface area contributed by atoms with Gasteiger partial charge in [0, 0.05) is 13.6 Å². The summed E-state index contributed by atoms with van der Waals surface area (Å²) in [7, 11) is 3.12. The number of aromatic nitrogens is 2. The van der Waals surface area contributed by atoms with E-state index in [-0.39, 0.29) is 6.54 Å². The van der Waals surface area contributed by atoms with Crippen molar-refractivity contribution in [2.45, 2.75) is 13.0 Å². The van der Waals surface area contributed by atoms with Crippen LogP contribution in [0.2, 0.25) is 0 Å². The zero-order valence-electron chi connectivity index (χ0n) is 9.67. The fourth-order valence-corrected chi connectivity index (χ4v) is 1.45. The Morgan fingerprint density at radius 2 is 2.12 bits per heavy atom. The van der Waals surface area contributed by atoms with Crippen LogP contribution in [0.5, 0.6) is 0 Å². The van der Waals surface area contributed by atoms with Crippen LogP contribution in [0.1, 0.15) is 6.42 Å². The number of nitrogens with zero attached hydrogens (tertiary/aromatic N) is 3. The number of hydrogen-bond donors (Lipinski definition) is 1. The topological polar surface area (TPSA) is 99.2 Å². The van der Waals surface area contributed by atoms with Gasteiger partial charge in [-0.2, -0.15) is 0 Å². The Labute approximate surface area is 96.6 Å². The van der Waals surface area contributed by atoms with Gasteiger partial charge in [0.05, 0.1) is 11.1 Å². The summed E-state index contributed by atoms with van der Waals surface area (Å²) in [6, 6.07) is 0. The average molecular weight is 242 g/mol. The Morgan fingerprint density at radius 1 is 1.47 bits per heavy atom. The Bertz CT molecular complexity index is 531. The van der Waals surface area contributed by atoms with Crippen molar-refractivity contribution in [3.05, 3.63) is 37.1 Å². The second-order valence-electron chi connectivity index (χ2n) is 3.58. The van der Waals surface area contributed by atoms with Crippen molar-refractivity contribution >= 4 is 5.69 Å². The molecule has 0 saturated heterocycles. The van der Waals surface area contributed by atoms with Crippen molar-refractivity contribution in [2.75, 3.05) is 13.6 Å². The van der Waals surface area contributed by atoms with Gasteiger partial charge in [-0.15, -0.1) is 0 Å². The minimum Gasteiger partial charge on any atom is -0.320 e. The van der Waals surface area contributed by atoms with Crippen molar-refractivity contribution in [1.29, 1.82) is 0 Å². The molecule has 1 heterocycles. The first-order valence-electron chi connectivity index (χ1n) is 5.08. The van der Waals surface area contributed by atoms with Gasteiger partial charge in [-0.05, 0) is 20.0 Å². The van der Waals surface area contributed by atoms with Crippen LogP contribution in [-0.4, -0.2) is 27.6 Å². The fraction of sp³-hybridized carbons (Fsp3) is 0.556. The van der Waals surface area contributed by atoms with E-state index in [1.807, 2.05) is 0 Å². The smallest absolute Gasteiger partial charge is 0.320 e. The first-order valence-corrected chi connectivity index (χ1v) is 5.08. The van der Waals surface area contributed by atoms with Crippen molar-refractivity contribution < 1.29 is 4.92 Å². The summed E-state index contributed by atoms with van der Waals surface area (Å²) >= 11 is 0. The maximum atomic E-state index is 11.7. The van der Waals surface area contributed by atoms with E-state index >= 15 is 0 Å². The van der Waals surface area contributed by atoms with Crippen molar-refractivity contribution in [3.63, 3.8) is 0 Å². The zero-order chi connectivity index (χ0) is 13.0. The predicted molar refractivity (Wildman–Crippen MR) is 61.1 cm³/mol. The van der Waals surface area contributed by atoms with Gasteiger partial charge in [-0.3, -0.25) is 24.0 Å². The molecule has 0 bridgehead atoms. The fourth-order valence-electron chi connectivity index (χ4n) is 1.45.